The minimum absolute atomic E-state index is 0.714. The van der Waals surface area contributed by atoms with Gasteiger partial charge in [-0.05, 0) is 0 Å². The Morgan fingerprint density at radius 1 is 1.38 bits per heavy atom. The molecule has 7 heteroatoms. The van der Waals surface area contributed by atoms with E-state index in [1.807, 2.05) is 13.1 Å². The number of nitrogens with zero attached hydrogens (tertiary/aromatic N) is 4. The lowest BCUT2D eigenvalue weighted by Crippen LogP contribution is -2.30. The van der Waals surface area contributed by atoms with Gasteiger partial charge in [0.1, 0.15) is 12.1 Å². The molecule has 0 bridgehead atoms. The highest BCUT2D eigenvalue weighted by atomic mass is 16.3. The van der Waals surface area contributed by atoms with Gasteiger partial charge in [-0.15, -0.1) is 0 Å². The summed E-state index contributed by atoms with van der Waals surface area (Å²) >= 11 is 0. The minimum atomic E-state index is 0.714. The van der Waals surface area contributed by atoms with Crippen molar-refractivity contribution in [2.24, 2.45) is 0 Å². The van der Waals surface area contributed by atoms with E-state index in [4.69, 9.17) is 4.42 Å². The molecule has 21 heavy (non-hydrogen) atoms. The number of rotatable bonds is 3. The fourth-order valence-electron chi connectivity index (χ4n) is 2.71. The van der Waals surface area contributed by atoms with E-state index in [-0.39, 0.29) is 0 Å². The Hall–Kier alpha value is -2.41. The van der Waals surface area contributed by atoms with Crippen molar-refractivity contribution >= 4 is 0 Å². The van der Waals surface area contributed by atoms with Crippen LogP contribution in [0, 0.1) is 6.92 Å². The molecule has 0 saturated heterocycles. The summed E-state index contributed by atoms with van der Waals surface area (Å²) in [6, 6.07) is 0. The molecule has 0 amide bonds. The molecule has 7 nitrogen and oxygen atoms in total. The van der Waals surface area contributed by atoms with Crippen LogP contribution in [0.15, 0.2) is 23.1 Å². The zero-order valence-corrected chi connectivity index (χ0v) is 11.8. The van der Waals surface area contributed by atoms with Gasteiger partial charge in [-0.25, -0.2) is 9.97 Å². The predicted octanol–water partition coefficient (Wildman–Crippen LogP) is 1.65. The van der Waals surface area contributed by atoms with E-state index in [2.05, 4.69) is 30.0 Å². The van der Waals surface area contributed by atoms with Crippen LogP contribution in [0.3, 0.4) is 0 Å². The second-order valence-electron chi connectivity index (χ2n) is 5.32. The lowest BCUT2D eigenvalue weighted by molar-refractivity contribution is 0.238. The van der Waals surface area contributed by atoms with Crippen LogP contribution in [-0.2, 0) is 19.5 Å². The van der Waals surface area contributed by atoms with Crippen LogP contribution in [0.4, 0.5) is 0 Å². The molecule has 1 aliphatic rings. The molecule has 0 aliphatic carbocycles. The Balaban J connectivity index is 1.52. The van der Waals surface area contributed by atoms with E-state index in [1.165, 1.54) is 5.69 Å². The standard InChI is InChI=1S/C14H16N6O/c1-9-17-11(8-21-9)6-20-3-2-12-13(7-20)19-14(18-12)10-4-15-16-5-10/h4-5,8H,2-3,6-7H2,1H3,(H,15,16)(H,18,19). The van der Waals surface area contributed by atoms with Crippen molar-refractivity contribution in [2.75, 3.05) is 6.54 Å². The number of oxazole rings is 1. The first-order valence-corrected chi connectivity index (χ1v) is 6.98. The maximum absolute atomic E-state index is 5.26. The normalized spacial score (nSPS) is 15.3. The zero-order valence-electron chi connectivity index (χ0n) is 11.8. The van der Waals surface area contributed by atoms with Crippen LogP contribution >= 0.6 is 0 Å². The average Bonchev–Trinajstić information content (AvgIpc) is 3.18. The van der Waals surface area contributed by atoms with Crippen LogP contribution in [0.1, 0.15) is 23.0 Å². The van der Waals surface area contributed by atoms with Crippen molar-refractivity contribution in [3.8, 4) is 11.4 Å². The molecule has 2 N–H and O–H groups in total. The summed E-state index contributed by atoms with van der Waals surface area (Å²) in [6.07, 6.45) is 6.30. The summed E-state index contributed by atoms with van der Waals surface area (Å²) in [5, 5.41) is 6.78. The highest BCUT2D eigenvalue weighted by molar-refractivity contribution is 5.53. The van der Waals surface area contributed by atoms with E-state index in [0.717, 1.165) is 48.8 Å². The molecule has 0 unspecified atom stereocenters. The summed E-state index contributed by atoms with van der Waals surface area (Å²) in [4.78, 5) is 14.8. The molecule has 4 heterocycles. The topological polar surface area (TPSA) is 86.6 Å². The second-order valence-corrected chi connectivity index (χ2v) is 5.32. The summed E-state index contributed by atoms with van der Waals surface area (Å²) in [7, 11) is 0. The molecular weight excluding hydrogens is 268 g/mol. The predicted molar refractivity (Wildman–Crippen MR) is 75.2 cm³/mol. The Morgan fingerprint density at radius 2 is 2.33 bits per heavy atom. The van der Waals surface area contributed by atoms with Crippen molar-refractivity contribution < 1.29 is 4.42 Å². The molecule has 4 rings (SSSR count). The maximum Gasteiger partial charge on any atom is 0.191 e. The quantitative estimate of drug-likeness (QED) is 0.763. The molecule has 108 valence electrons. The molecule has 0 radical (unpaired) electrons. The van der Waals surface area contributed by atoms with Crippen LogP contribution in [0.5, 0.6) is 0 Å². The second kappa shape index (κ2) is 4.85. The third-order valence-corrected chi connectivity index (χ3v) is 3.73. The highest BCUT2D eigenvalue weighted by Crippen LogP contribution is 2.22. The summed E-state index contributed by atoms with van der Waals surface area (Å²) in [5.41, 5.74) is 4.30. The van der Waals surface area contributed by atoms with Crippen molar-refractivity contribution in [2.45, 2.75) is 26.4 Å². The van der Waals surface area contributed by atoms with E-state index >= 15 is 0 Å². The number of aromatic nitrogens is 5. The SMILES string of the molecule is Cc1nc(CN2CCc3nc(-c4cn[nH]c4)[nH]c3C2)co1. The van der Waals surface area contributed by atoms with Crippen molar-refractivity contribution in [1.82, 2.24) is 30.0 Å². The van der Waals surface area contributed by atoms with E-state index in [9.17, 15) is 0 Å². The first-order chi connectivity index (χ1) is 10.3. The Morgan fingerprint density at radius 3 is 3.10 bits per heavy atom. The monoisotopic (exact) mass is 284 g/mol. The van der Waals surface area contributed by atoms with E-state index in [0.29, 0.717) is 5.89 Å². The first kappa shape index (κ1) is 12.3. The third kappa shape index (κ3) is 2.36. The molecule has 1 aliphatic heterocycles. The Labute approximate surface area is 121 Å². The van der Waals surface area contributed by atoms with Crippen LogP contribution in [0.2, 0.25) is 0 Å². The molecule has 0 atom stereocenters. The first-order valence-electron chi connectivity index (χ1n) is 6.98. The number of fused-ring (bicyclic) bond motifs is 1. The average molecular weight is 284 g/mol. The fraction of sp³-hybridized carbons (Fsp3) is 0.357. The molecule has 0 saturated carbocycles. The summed E-state index contributed by atoms with van der Waals surface area (Å²) < 4.78 is 5.26. The van der Waals surface area contributed by atoms with Gasteiger partial charge in [-0.1, -0.05) is 0 Å². The Bertz CT molecular complexity index is 741. The summed E-state index contributed by atoms with van der Waals surface area (Å²) in [5.74, 6) is 1.60. The molecule has 3 aromatic heterocycles. The number of hydrogen-bond acceptors (Lipinski definition) is 5. The lowest BCUT2D eigenvalue weighted by Gasteiger charge is -2.24. The van der Waals surface area contributed by atoms with Crippen molar-refractivity contribution in [1.29, 1.82) is 0 Å². The van der Waals surface area contributed by atoms with E-state index in [1.54, 1.807) is 12.5 Å². The zero-order chi connectivity index (χ0) is 14.2. The smallest absolute Gasteiger partial charge is 0.191 e. The molecule has 0 aromatic carbocycles. The number of hydrogen-bond donors (Lipinski definition) is 2. The maximum atomic E-state index is 5.26. The lowest BCUT2D eigenvalue weighted by atomic mass is 10.1. The number of imidazole rings is 1. The molecule has 0 spiro atoms. The van der Waals surface area contributed by atoms with Crippen LogP contribution < -0.4 is 0 Å². The van der Waals surface area contributed by atoms with Gasteiger partial charge in [0.25, 0.3) is 0 Å². The molecular formula is C14H16N6O. The van der Waals surface area contributed by atoms with Gasteiger partial charge < -0.3 is 9.40 Å². The molecule has 0 fully saturated rings. The van der Waals surface area contributed by atoms with Gasteiger partial charge in [0, 0.05) is 39.2 Å². The highest BCUT2D eigenvalue weighted by Gasteiger charge is 2.21. The van der Waals surface area contributed by atoms with E-state index < -0.39 is 0 Å². The van der Waals surface area contributed by atoms with Gasteiger partial charge in [0.2, 0.25) is 0 Å². The molecule has 3 aromatic rings. The minimum Gasteiger partial charge on any atom is -0.449 e. The number of nitrogens with one attached hydrogen (secondary N) is 2. The van der Waals surface area contributed by atoms with Crippen LogP contribution in [-0.4, -0.2) is 36.6 Å². The van der Waals surface area contributed by atoms with Gasteiger partial charge in [-0.3, -0.25) is 10.00 Å². The van der Waals surface area contributed by atoms with Crippen molar-refractivity contribution in [3.05, 3.63) is 41.6 Å². The third-order valence-electron chi connectivity index (χ3n) is 3.73. The van der Waals surface area contributed by atoms with Crippen LogP contribution in [0.25, 0.3) is 11.4 Å². The fourth-order valence-corrected chi connectivity index (χ4v) is 2.71. The van der Waals surface area contributed by atoms with Gasteiger partial charge >= 0.3 is 0 Å². The number of aromatic amines is 2. The number of aryl methyl sites for hydroxylation is 1. The van der Waals surface area contributed by atoms with Gasteiger partial charge in [0.15, 0.2) is 5.89 Å². The largest absolute Gasteiger partial charge is 0.449 e. The van der Waals surface area contributed by atoms with Gasteiger partial charge in [-0.2, -0.15) is 5.10 Å². The van der Waals surface area contributed by atoms with Gasteiger partial charge in [0.05, 0.1) is 28.8 Å². The Kier molecular flexibility index (Phi) is 2.85. The summed E-state index contributed by atoms with van der Waals surface area (Å²) in [6.45, 7) is 4.50. The number of H-pyrrole nitrogens is 2. The van der Waals surface area contributed by atoms with Crippen molar-refractivity contribution in [3.63, 3.8) is 0 Å².